The Morgan fingerprint density at radius 2 is 2.11 bits per heavy atom. The van der Waals surface area contributed by atoms with Crippen molar-refractivity contribution in [3.8, 4) is 5.75 Å². The van der Waals surface area contributed by atoms with E-state index in [4.69, 9.17) is 26.6 Å². The van der Waals surface area contributed by atoms with Crippen LogP contribution in [0.4, 0.5) is 0 Å². The van der Waals surface area contributed by atoms with Crippen LogP contribution in [0.3, 0.4) is 0 Å². The van der Waals surface area contributed by atoms with Crippen molar-refractivity contribution in [2.75, 3.05) is 6.61 Å². The zero-order chi connectivity index (χ0) is 13.9. The van der Waals surface area contributed by atoms with Gasteiger partial charge in [-0.15, -0.1) is 0 Å². The molecular weight excluding hydrogens is 350 g/mol. The van der Waals surface area contributed by atoms with Gasteiger partial charge in [-0.2, -0.15) is 0 Å². The molecule has 1 aromatic rings. The lowest BCUT2D eigenvalue weighted by molar-refractivity contribution is -0.137. The van der Waals surface area contributed by atoms with Gasteiger partial charge in [-0.3, -0.25) is 4.79 Å². The molecule has 0 radical (unpaired) electrons. The van der Waals surface area contributed by atoms with Gasteiger partial charge < -0.3 is 9.84 Å². The number of carbonyl (C=O) groups is 1. The highest BCUT2D eigenvalue weighted by atomic mass is 79.9. The molecule has 0 unspecified atom stereocenters. The third-order valence-electron chi connectivity index (χ3n) is 1.84. The second-order valence-corrected chi connectivity index (χ2v) is 6.10. The monoisotopic (exact) mass is 357 g/mol. The summed E-state index contributed by atoms with van der Waals surface area (Å²) in [7, 11) is -4.02. The predicted octanol–water partition coefficient (Wildman–Crippen LogP) is 1.60. The number of rotatable bonds is 5. The first kappa shape index (κ1) is 15.2. The quantitative estimate of drug-likeness (QED) is 0.831. The van der Waals surface area contributed by atoms with Gasteiger partial charge in [0.15, 0.2) is 5.75 Å². The molecule has 0 bridgehead atoms. The van der Waals surface area contributed by atoms with E-state index in [1.807, 2.05) is 0 Å². The Balaban J connectivity index is 3.13. The molecule has 0 aliphatic heterocycles. The van der Waals surface area contributed by atoms with E-state index in [1.54, 1.807) is 0 Å². The highest BCUT2D eigenvalue weighted by molar-refractivity contribution is 9.10. The maximum absolute atomic E-state index is 11.4. The van der Waals surface area contributed by atoms with E-state index in [-0.39, 0.29) is 28.7 Å². The molecule has 9 heteroatoms. The fraction of sp³-hybridized carbons (Fsp3) is 0.222. The van der Waals surface area contributed by atoms with E-state index in [0.29, 0.717) is 4.47 Å². The number of hydrogen-bond donors (Lipinski definition) is 2. The van der Waals surface area contributed by atoms with Crippen LogP contribution in [0.1, 0.15) is 6.42 Å². The molecule has 6 nitrogen and oxygen atoms in total. The number of carboxylic acids is 1. The molecule has 0 saturated carbocycles. The van der Waals surface area contributed by atoms with Crippen molar-refractivity contribution in [3.05, 3.63) is 21.6 Å². The van der Waals surface area contributed by atoms with E-state index in [0.717, 1.165) is 0 Å². The number of sulfonamides is 1. The highest BCUT2D eigenvalue weighted by Gasteiger charge is 2.19. The van der Waals surface area contributed by atoms with E-state index in [9.17, 15) is 13.2 Å². The maximum atomic E-state index is 11.4. The average molecular weight is 359 g/mol. The van der Waals surface area contributed by atoms with E-state index >= 15 is 0 Å². The summed E-state index contributed by atoms with van der Waals surface area (Å²) < 4.78 is 28.2. The average Bonchev–Trinajstić information content (AvgIpc) is 2.18. The summed E-state index contributed by atoms with van der Waals surface area (Å²) in [5.41, 5.74) is 0. The molecule has 0 heterocycles. The van der Waals surface area contributed by atoms with Gasteiger partial charge in [0, 0.05) is 4.47 Å². The molecule has 0 atom stereocenters. The summed E-state index contributed by atoms with van der Waals surface area (Å²) in [5.74, 6) is -1.22. The molecule has 0 spiro atoms. The van der Waals surface area contributed by atoms with Gasteiger partial charge in [0.2, 0.25) is 10.0 Å². The standard InChI is InChI=1S/C9H9BrClNO5S/c10-5-3-6(11)9(17-2-1-8(13)14)7(4-5)18(12,15)16/h3-4H,1-2H2,(H,13,14)(H2,12,15,16). The van der Waals surface area contributed by atoms with Gasteiger partial charge >= 0.3 is 5.97 Å². The third kappa shape index (κ3) is 4.13. The predicted molar refractivity (Wildman–Crippen MR) is 68.3 cm³/mol. The van der Waals surface area contributed by atoms with Crippen molar-refractivity contribution in [3.63, 3.8) is 0 Å². The highest BCUT2D eigenvalue weighted by Crippen LogP contribution is 2.34. The normalized spacial score (nSPS) is 11.3. The number of carboxylic acid groups (broad SMARTS) is 1. The zero-order valence-corrected chi connectivity index (χ0v) is 12.0. The van der Waals surface area contributed by atoms with Crippen molar-refractivity contribution in [1.82, 2.24) is 0 Å². The summed E-state index contributed by atoms with van der Waals surface area (Å²) in [6, 6.07) is 2.66. The largest absolute Gasteiger partial charge is 0.490 e. The second kappa shape index (κ2) is 5.87. The molecule has 18 heavy (non-hydrogen) atoms. The lowest BCUT2D eigenvalue weighted by Gasteiger charge is -2.11. The summed E-state index contributed by atoms with van der Waals surface area (Å²) in [6.07, 6.45) is -0.281. The van der Waals surface area contributed by atoms with Gasteiger partial charge in [-0.1, -0.05) is 27.5 Å². The Kier molecular flexibility index (Phi) is 4.97. The summed E-state index contributed by atoms with van der Waals surface area (Å²) in [4.78, 5) is 10.0. The van der Waals surface area contributed by atoms with E-state index < -0.39 is 16.0 Å². The fourth-order valence-corrected chi connectivity index (χ4v) is 2.92. The van der Waals surface area contributed by atoms with E-state index in [1.165, 1.54) is 12.1 Å². The Labute approximate surface area is 117 Å². The van der Waals surface area contributed by atoms with Crippen LogP contribution in [0.15, 0.2) is 21.5 Å². The number of halogens is 2. The molecule has 0 aromatic heterocycles. The van der Waals surface area contributed by atoms with Crippen molar-refractivity contribution in [2.24, 2.45) is 5.14 Å². The van der Waals surface area contributed by atoms with Crippen LogP contribution in [0.25, 0.3) is 0 Å². The molecule has 0 aliphatic rings. The van der Waals surface area contributed by atoms with Gasteiger partial charge in [-0.25, -0.2) is 13.6 Å². The van der Waals surface area contributed by atoms with Gasteiger partial charge in [0.05, 0.1) is 18.1 Å². The molecule has 0 amide bonds. The Hall–Kier alpha value is -0.830. The number of primary sulfonamides is 1. The number of ether oxygens (including phenoxy) is 1. The van der Waals surface area contributed by atoms with Crippen molar-refractivity contribution in [1.29, 1.82) is 0 Å². The Morgan fingerprint density at radius 1 is 1.50 bits per heavy atom. The molecule has 100 valence electrons. The number of hydrogen-bond acceptors (Lipinski definition) is 4. The first-order chi connectivity index (χ1) is 8.21. The first-order valence-corrected chi connectivity index (χ1v) is 7.30. The molecule has 3 N–H and O–H groups in total. The molecular formula is C9H9BrClNO5S. The molecule has 1 rings (SSSR count). The second-order valence-electron chi connectivity index (χ2n) is 3.25. The topological polar surface area (TPSA) is 107 Å². The molecule has 0 saturated heterocycles. The van der Waals surface area contributed by atoms with Crippen molar-refractivity contribution < 1.29 is 23.1 Å². The molecule has 0 aliphatic carbocycles. The minimum Gasteiger partial charge on any atom is -0.490 e. The van der Waals surface area contributed by atoms with E-state index in [2.05, 4.69) is 15.9 Å². The van der Waals surface area contributed by atoms with Crippen LogP contribution < -0.4 is 9.88 Å². The number of benzene rings is 1. The summed E-state index contributed by atoms with van der Waals surface area (Å²) >= 11 is 8.91. The van der Waals surface area contributed by atoms with Crippen LogP contribution >= 0.6 is 27.5 Å². The first-order valence-electron chi connectivity index (χ1n) is 4.58. The third-order valence-corrected chi connectivity index (χ3v) is 3.50. The van der Waals surface area contributed by atoms with Gasteiger partial charge in [0.1, 0.15) is 4.90 Å². The number of nitrogens with two attached hydrogens (primary N) is 1. The summed E-state index contributed by atoms with van der Waals surface area (Å²) in [6.45, 7) is -0.209. The Morgan fingerprint density at radius 3 is 2.61 bits per heavy atom. The van der Waals surface area contributed by atoms with Crippen LogP contribution in [-0.4, -0.2) is 26.1 Å². The zero-order valence-electron chi connectivity index (χ0n) is 8.89. The molecule has 1 aromatic carbocycles. The SMILES string of the molecule is NS(=O)(=O)c1cc(Br)cc(Cl)c1OCCC(=O)O. The molecule has 0 fully saturated rings. The van der Waals surface area contributed by atoms with Gasteiger partial charge in [0.25, 0.3) is 0 Å². The van der Waals surface area contributed by atoms with Crippen LogP contribution in [0.5, 0.6) is 5.75 Å². The smallest absolute Gasteiger partial charge is 0.306 e. The number of aliphatic carboxylic acids is 1. The van der Waals surface area contributed by atoms with Crippen LogP contribution in [0, 0.1) is 0 Å². The van der Waals surface area contributed by atoms with Crippen molar-refractivity contribution >= 4 is 43.5 Å². The minimum atomic E-state index is -4.02. The fourth-order valence-electron chi connectivity index (χ4n) is 1.13. The Bertz CT molecular complexity index is 575. The van der Waals surface area contributed by atoms with Crippen LogP contribution in [-0.2, 0) is 14.8 Å². The summed E-state index contributed by atoms with van der Waals surface area (Å²) in [5, 5.41) is 13.5. The lowest BCUT2D eigenvalue weighted by atomic mass is 10.3. The lowest BCUT2D eigenvalue weighted by Crippen LogP contribution is -2.15. The van der Waals surface area contributed by atoms with Crippen LogP contribution in [0.2, 0.25) is 5.02 Å². The van der Waals surface area contributed by atoms with Gasteiger partial charge in [-0.05, 0) is 12.1 Å². The minimum absolute atomic E-state index is 0.0267. The van der Waals surface area contributed by atoms with Crippen molar-refractivity contribution in [2.45, 2.75) is 11.3 Å². The maximum Gasteiger partial charge on any atom is 0.306 e.